The van der Waals surface area contributed by atoms with Crippen LogP contribution < -0.4 is 0 Å². The first kappa shape index (κ1) is 26.9. The normalized spacial score (nSPS) is 42.9. The van der Waals surface area contributed by atoms with Gasteiger partial charge in [-0.15, -0.1) is 0 Å². The minimum absolute atomic E-state index is 0.0376. The van der Waals surface area contributed by atoms with Crippen molar-refractivity contribution in [1.82, 2.24) is 0 Å². The van der Waals surface area contributed by atoms with Gasteiger partial charge in [0.2, 0.25) is 0 Å². The average Bonchev–Trinajstić information content (AvgIpc) is 3.07. The van der Waals surface area contributed by atoms with Crippen LogP contribution in [0.15, 0.2) is 11.1 Å². The number of hydrogen-bond acceptors (Lipinski definition) is 3. The molecule has 4 heteroatoms. The molecule has 0 unspecified atom stereocenters. The fraction of sp³-hybridized carbons (Fsp3) is 0.871. The van der Waals surface area contributed by atoms with Crippen molar-refractivity contribution in [1.29, 1.82) is 0 Å². The number of rotatable bonds is 6. The van der Waals surface area contributed by atoms with Crippen LogP contribution in [0.4, 0.5) is 0 Å². The number of aliphatic carboxylic acids is 1. The number of carboxylic acids is 1. The largest absolute Gasteiger partial charge is 0.481 e. The van der Waals surface area contributed by atoms with Crippen LogP contribution in [0.2, 0.25) is 0 Å². The second-order valence-corrected chi connectivity index (χ2v) is 14.3. The van der Waals surface area contributed by atoms with E-state index in [4.69, 9.17) is 0 Å². The summed E-state index contributed by atoms with van der Waals surface area (Å²) >= 11 is 0. The van der Waals surface area contributed by atoms with Crippen molar-refractivity contribution in [2.75, 3.05) is 0 Å². The van der Waals surface area contributed by atoms with Crippen molar-refractivity contribution in [3.8, 4) is 0 Å². The van der Waals surface area contributed by atoms with Crippen LogP contribution in [0.3, 0.4) is 0 Å². The molecule has 2 saturated carbocycles. The highest BCUT2D eigenvalue weighted by Gasteiger charge is 2.63. The van der Waals surface area contributed by atoms with E-state index in [0.29, 0.717) is 18.3 Å². The van der Waals surface area contributed by atoms with Gasteiger partial charge in [0.25, 0.3) is 0 Å². The minimum Gasteiger partial charge on any atom is -0.481 e. The van der Waals surface area contributed by atoms with E-state index in [-0.39, 0.29) is 39.5 Å². The Kier molecular flexibility index (Phi) is 6.69. The summed E-state index contributed by atoms with van der Waals surface area (Å²) in [7, 11) is 0. The lowest BCUT2D eigenvalue weighted by Crippen LogP contribution is -2.55. The standard InChI is InChI=1S/C31H50O4/c1-18(17-24(32)19(2)20(3)27(34)35)21-11-15-31(8)23-9-10-25-28(4,5)26(33)13-14-29(25,6)22(23)12-16-30(21,31)7/h18-21,25-26,33H,9-17H2,1-8H3,(H,34,35)/t18-,19+,20+,21-,25+,26-,29-,30-,31+/m1/s1. The summed E-state index contributed by atoms with van der Waals surface area (Å²) in [6.07, 6.45) is 9.31. The molecule has 0 spiro atoms. The predicted octanol–water partition coefficient (Wildman–Crippen LogP) is 7.05. The maximum absolute atomic E-state index is 13.0. The Morgan fingerprint density at radius 3 is 2.17 bits per heavy atom. The zero-order valence-corrected chi connectivity index (χ0v) is 23.5. The van der Waals surface area contributed by atoms with Gasteiger partial charge < -0.3 is 10.2 Å². The topological polar surface area (TPSA) is 74.6 Å². The molecule has 0 amide bonds. The number of carbonyl (C=O) groups excluding carboxylic acids is 1. The first-order valence-electron chi connectivity index (χ1n) is 14.3. The van der Waals surface area contributed by atoms with Gasteiger partial charge in [0.15, 0.2) is 0 Å². The number of carboxylic acid groups (broad SMARTS) is 1. The van der Waals surface area contributed by atoms with Gasteiger partial charge in [-0.3, -0.25) is 9.59 Å². The molecule has 2 fully saturated rings. The molecule has 0 aromatic carbocycles. The quantitative estimate of drug-likeness (QED) is 0.395. The number of hydrogen-bond donors (Lipinski definition) is 2. The van der Waals surface area contributed by atoms with E-state index >= 15 is 0 Å². The molecule has 0 radical (unpaired) electrons. The van der Waals surface area contributed by atoms with E-state index in [1.807, 2.05) is 0 Å². The van der Waals surface area contributed by atoms with Gasteiger partial charge in [-0.2, -0.15) is 0 Å². The molecule has 0 saturated heterocycles. The highest BCUT2D eigenvalue weighted by Crippen LogP contribution is 2.72. The predicted molar refractivity (Wildman–Crippen MR) is 140 cm³/mol. The molecule has 4 rings (SSSR count). The molecular formula is C31H50O4. The van der Waals surface area contributed by atoms with E-state index < -0.39 is 17.8 Å². The molecule has 4 aliphatic carbocycles. The van der Waals surface area contributed by atoms with Crippen molar-refractivity contribution in [2.45, 2.75) is 119 Å². The van der Waals surface area contributed by atoms with Crippen LogP contribution >= 0.6 is 0 Å². The fourth-order valence-electron chi connectivity index (χ4n) is 9.77. The second-order valence-electron chi connectivity index (χ2n) is 14.3. The summed E-state index contributed by atoms with van der Waals surface area (Å²) in [5.74, 6) is -0.530. The van der Waals surface area contributed by atoms with E-state index in [0.717, 1.165) is 32.1 Å². The Hall–Kier alpha value is -1.16. The molecule has 198 valence electrons. The minimum atomic E-state index is -0.881. The average molecular weight is 487 g/mol. The number of Topliss-reactive ketones (excluding diaryl/α,β-unsaturated/α-hetero) is 1. The van der Waals surface area contributed by atoms with Crippen molar-refractivity contribution in [3.05, 3.63) is 11.1 Å². The molecule has 0 heterocycles. The third-order valence-corrected chi connectivity index (χ3v) is 12.7. The summed E-state index contributed by atoms with van der Waals surface area (Å²) in [5, 5.41) is 20.2. The Labute approximate surface area is 213 Å². The van der Waals surface area contributed by atoms with Gasteiger partial charge in [-0.25, -0.2) is 0 Å². The summed E-state index contributed by atoms with van der Waals surface area (Å²) in [5.41, 5.74) is 3.97. The van der Waals surface area contributed by atoms with Gasteiger partial charge in [0.1, 0.15) is 5.78 Å². The van der Waals surface area contributed by atoms with Crippen molar-refractivity contribution < 1.29 is 19.8 Å². The molecular weight excluding hydrogens is 436 g/mol. The maximum atomic E-state index is 13.0. The Balaban J connectivity index is 1.60. The first-order chi connectivity index (χ1) is 16.1. The monoisotopic (exact) mass is 486 g/mol. The van der Waals surface area contributed by atoms with Gasteiger partial charge in [-0.1, -0.05) is 66.5 Å². The van der Waals surface area contributed by atoms with Crippen LogP contribution in [-0.4, -0.2) is 28.1 Å². The summed E-state index contributed by atoms with van der Waals surface area (Å²) < 4.78 is 0. The molecule has 35 heavy (non-hydrogen) atoms. The number of carbonyl (C=O) groups is 2. The zero-order valence-electron chi connectivity index (χ0n) is 23.5. The van der Waals surface area contributed by atoms with E-state index in [1.165, 1.54) is 19.3 Å². The number of aliphatic hydroxyl groups is 1. The molecule has 0 aromatic rings. The Morgan fingerprint density at radius 2 is 1.54 bits per heavy atom. The van der Waals surface area contributed by atoms with Crippen LogP contribution in [-0.2, 0) is 9.59 Å². The number of fused-ring (bicyclic) bond motifs is 4. The van der Waals surface area contributed by atoms with Crippen molar-refractivity contribution in [3.63, 3.8) is 0 Å². The zero-order chi connectivity index (χ0) is 26.1. The van der Waals surface area contributed by atoms with Crippen molar-refractivity contribution >= 4 is 11.8 Å². The summed E-state index contributed by atoms with van der Waals surface area (Å²) in [4.78, 5) is 24.4. The summed E-state index contributed by atoms with van der Waals surface area (Å²) in [6.45, 7) is 17.8. The van der Waals surface area contributed by atoms with Gasteiger partial charge in [0.05, 0.1) is 12.0 Å². The van der Waals surface area contributed by atoms with E-state index in [2.05, 4.69) is 41.5 Å². The second kappa shape index (κ2) is 8.71. The molecule has 0 aliphatic heterocycles. The smallest absolute Gasteiger partial charge is 0.306 e. The van der Waals surface area contributed by atoms with Crippen LogP contribution in [0.1, 0.15) is 113 Å². The fourth-order valence-corrected chi connectivity index (χ4v) is 9.77. The number of aliphatic hydroxyl groups excluding tert-OH is 1. The lowest BCUT2D eigenvalue weighted by atomic mass is 9.43. The lowest BCUT2D eigenvalue weighted by Gasteiger charge is -2.62. The highest BCUT2D eigenvalue weighted by atomic mass is 16.4. The SMILES string of the molecule is C[C@H](CC(=O)[C@@H](C)[C@H](C)C(=O)O)[C@H]1CC[C@@]2(C)C3=C(CC[C@]12C)[C@@]1(C)CC[C@@H](O)C(C)(C)[C@@H]1CC3. The maximum Gasteiger partial charge on any atom is 0.306 e. The van der Waals surface area contributed by atoms with Gasteiger partial charge in [0, 0.05) is 12.3 Å². The van der Waals surface area contributed by atoms with Crippen LogP contribution in [0, 0.1) is 51.2 Å². The molecule has 4 nitrogen and oxygen atoms in total. The van der Waals surface area contributed by atoms with Crippen LogP contribution in [0.25, 0.3) is 0 Å². The molecule has 9 atom stereocenters. The third kappa shape index (κ3) is 3.79. The molecule has 0 aromatic heterocycles. The molecule has 0 bridgehead atoms. The van der Waals surface area contributed by atoms with Crippen molar-refractivity contribution in [2.24, 2.45) is 51.2 Å². The highest BCUT2D eigenvalue weighted by molar-refractivity contribution is 5.85. The van der Waals surface area contributed by atoms with E-state index in [9.17, 15) is 19.8 Å². The first-order valence-corrected chi connectivity index (χ1v) is 14.3. The van der Waals surface area contributed by atoms with E-state index in [1.54, 1.807) is 25.0 Å². The Bertz CT molecular complexity index is 917. The number of allylic oxidation sites excluding steroid dienone is 2. The molecule has 2 N–H and O–H groups in total. The lowest BCUT2D eigenvalue weighted by molar-refractivity contribution is -0.145. The molecule has 4 aliphatic rings. The Morgan fingerprint density at radius 1 is 0.886 bits per heavy atom. The van der Waals surface area contributed by atoms with Gasteiger partial charge >= 0.3 is 5.97 Å². The number of ketones is 1. The summed E-state index contributed by atoms with van der Waals surface area (Å²) in [6, 6.07) is 0. The third-order valence-electron chi connectivity index (χ3n) is 12.7. The van der Waals surface area contributed by atoms with Crippen LogP contribution in [0.5, 0.6) is 0 Å². The van der Waals surface area contributed by atoms with Gasteiger partial charge in [-0.05, 0) is 90.8 Å².